The van der Waals surface area contributed by atoms with Crippen LogP contribution in [0.25, 0.3) is 10.2 Å². The number of pyridine rings is 1. The van der Waals surface area contributed by atoms with Crippen molar-refractivity contribution < 1.29 is 5.11 Å². The third-order valence-electron chi connectivity index (χ3n) is 2.90. The molecule has 2 nitrogen and oxygen atoms in total. The molecule has 1 aliphatic rings. The molecular formula is C12H11NOS. The van der Waals surface area contributed by atoms with Crippen LogP contribution in [0.3, 0.4) is 0 Å². The minimum atomic E-state index is -0.763. The summed E-state index contributed by atoms with van der Waals surface area (Å²) in [4.78, 5) is 5.29. The second-order valence-corrected chi connectivity index (χ2v) is 4.73. The van der Waals surface area contributed by atoms with Gasteiger partial charge in [0.2, 0.25) is 0 Å². The van der Waals surface area contributed by atoms with Gasteiger partial charge in [0.05, 0.1) is 0 Å². The molecule has 0 amide bonds. The van der Waals surface area contributed by atoms with Crippen LogP contribution in [0.2, 0.25) is 0 Å². The Morgan fingerprint density at radius 3 is 3.20 bits per heavy atom. The first-order chi connectivity index (χ1) is 7.30. The van der Waals surface area contributed by atoms with E-state index in [9.17, 15) is 5.11 Å². The van der Waals surface area contributed by atoms with E-state index in [-0.39, 0.29) is 0 Å². The van der Waals surface area contributed by atoms with Crippen LogP contribution in [-0.4, -0.2) is 10.1 Å². The number of thiophene rings is 1. The van der Waals surface area contributed by atoms with Gasteiger partial charge in [-0.15, -0.1) is 11.3 Å². The zero-order valence-corrected chi connectivity index (χ0v) is 9.00. The highest BCUT2D eigenvalue weighted by Gasteiger charge is 2.31. The van der Waals surface area contributed by atoms with Gasteiger partial charge < -0.3 is 5.11 Å². The Morgan fingerprint density at radius 2 is 2.40 bits per heavy atom. The standard InChI is InChI=1S/C12H11NOS/c14-12(5-1-2-6-12)10-8-15-11-9(10)4-3-7-13-11/h1,3-5,7-8,14H,2,6H2. The van der Waals surface area contributed by atoms with Gasteiger partial charge in [-0.2, -0.15) is 0 Å². The van der Waals surface area contributed by atoms with Gasteiger partial charge in [0.15, 0.2) is 0 Å². The molecule has 0 aromatic carbocycles. The number of allylic oxidation sites excluding steroid dienone is 1. The van der Waals surface area contributed by atoms with Crippen molar-refractivity contribution in [1.29, 1.82) is 0 Å². The Bertz CT molecular complexity index is 531. The average molecular weight is 217 g/mol. The summed E-state index contributed by atoms with van der Waals surface area (Å²) in [7, 11) is 0. The quantitative estimate of drug-likeness (QED) is 0.745. The molecule has 2 aromatic rings. The van der Waals surface area contributed by atoms with Crippen molar-refractivity contribution >= 4 is 21.6 Å². The minimum absolute atomic E-state index is 0.763. The molecule has 3 rings (SSSR count). The smallest absolute Gasteiger partial charge is 0.123 e. The Labute approximate surface area is 91.9 Å². The predicted molar refractivity (Wildman–Crippen MR) is 61.9 cm³/mol. The maximum absolute atomic E-state index is 10.4. The average Bonchev–Trinajstić information content (AvgIpc) is 2.84. The molecule has 0 spiro atoms. The van der Waals surface area contributed by atoms with Crippen molar-refractivity contribution in [2.24, 2.45) is 0 Å². The van der Waals surface area contributed by atoms with Crippen LogP contribution < -0.4 is 0 Å². The summed E-state index contributed by atoms with van der Waals surface area (Å²) in [5.74, 6) is 0. The zero-order chi connectivity index (χ0) is 10.3. The van der Waals surface area contributed by atoms with Gasteiger partial charge in [0, 0.05) is 17.1 Å². The summed E-state index contributed by atoms with van der Waals surface area (Å²) in [5.41, 5.74) is 0.241. The second-order valence-electron chi connectivity index (χ2n) is 3.87. The molecule has 3 heteroatoms. The van der Waals surface area contributed by atoms with Crippen LogP contribution >= 0.6 is 11.3 Å². The van der Waals surface area contributed by atoms with E-state index >= 15 is 0 Å². The Hall–Kier alpha value is -1.19. The van der Waals surface area contributed by atoms with E-state index in [2.05, 4.69) is 4.98 Å². The molecule has 1 atom stereocenters. The number of fused-ring (bicyclic) bond motifs is 1. The van der Waals surface area contributed by atoms with Crippen LogP contribution in [0.5, 0.6) is 0 Å². The van der Waals surface area contributed by atoms with Crippen molar-refractivity contribution in [3.8, 4) is 0 Å². The van der Waals surface area contributed by atoms with E-state index in [0.29, 0.717) is 0 Å². The molecule has 2 heterocycles. The lowest BCUT2D eigenvalue weighted by molar-refractivity contribution is 0.0914. The summed E-state index contributed by atoms with van der Waals surface area (Å²) in [6.07, 6.45) is 7.47. The zero-order valence-electron chi connectivity index (χ0n) is 8.18. The third kappa shape index (κ3) is 1.31. The van der Waals surface area contributed by atoms with E-state index in [4.69, 9.17) is 0 Å². The molecule has 0 aliphatic heterocycles. The first kappa shape index (κ1) is 9.07. The van der Waals surface area contributed by atoms with Gasteiger partial charge in [-0.1, -0.05) is 18.2 Å². The number of rotatable bonds is 1. The fraction of sp³-hybridized carbons (Fsp3) is 0.250. The van der Waals surface area contributed by atoms with Crippen molar-refractivity contribution in [2.75, 3.05) is 0 Å². The molecule has 2 aromatic heterocycles. The summed E-state index contributed by atoms with van der Waals surface area (Å²) in [6.45, 7) is 0. The lowest BCUT2D eigenvalue weighted by Gasteiger charge is -2.19. The number of aliphatic hydroxyl groups is 1. The van der Waals surface area contributed by atoms with Gasteiger partial charge in [0.25, 0.3) is 0 Å². The van der Waals surface area contributed by atoms with Gasteiger partial charge in [-0.25, -0.2) is 4.98 Å². The maximum atomic E-state index is 10.4. The molecule has 0 saturated carbocycles. The predicted octanol–water partition coefficient (Wildman–Crippen LogP) is 2.83. The highest BCUT2D eigenvalue weighted by Crippen LogP contribution is 2.39. The summed E-state index contributed by atoms with van der Waals surface area (Å²) < 4.78 is 0. The highest BCUT2D eigenvalue weighted by molar-refractivity contribution is 7.16. The molecule has 0 fully saturated rings. The molecule has 15 heavy (non-hydrogen) atoms. The van der Waals surface area contributed by atoms with E-state index in [0.717, 1.165) is 28.6 Å². The fourth-order valence-electron chi connectivity index (χ4n) is 2.09. The van der Waals surface area contributed by atoms with Crippen LogP contribution in [0.1, 0.15) is 18.4 Å². The Morgan fingerprint density at radius 1 is 1.47 bits per heavy atom. The van der Waals surface area contributed by atoms with E-state index in [1.807, 2.05) is 29.7 Å². The molecular weight excluding hydrogens is 206 g/mol. The maximum Gasteiger partial charge on any atom is 0.123 e. The summed E-state index contributed by atoms with van der Waals surface area (Å²) >= 11 is 1.59. The number of hydrogen-bond donors (Lipinski definition) is 1. The second kappa shape index (κ2) is 3.15. The number of aromatic nitrogens is 1. The number of nitrogens with zero attached hydrogens (tertiary/aromatic N) is 1. The van der Waals surface area contributed by atoms with Crippen molar-refractivity contribution in [3.05, 3.63) is 41.4 Å². The van der Waals surface area contributed by atoms with Gasteiger partial charge >= 0.3 is 0 Å². The van der Waals surface area contributed by atoms with Gasteiger partial charge in [-0.3, -0.25) is 0 Å². The minimum Gasteiger partial charge on any atom is -0.381 e. The van der Waals surface area contributed by atoms with Crippen LogP contribution in [0, 0.1) is 0 Å². The van der Waals surface area contributed by atoms with Crippen molar-refractivity contribution in [1.82, 2.24) is 4.98 Å². The summed E-state index contributed by atoms with van der Waals surface area (Å²) in [5, 5.41) is 13.5. The summed E-state index contributed by atoms with van der Waals surface area (Å²) in [6, 6.07) is 3.94. The third-order valence-corrected chi connectivity index (χ3v) is 3.80. The van der Waals surface area contributed by atoms with Crippen LogP contribution in [0.4, 0.5) is 0 Å². The molecule has 76 valence electrons. The normalized spacial score (nSPS) is 25.1. The van der Waals surface area contributed by atoms with E-state index in [1.54, 1.807) is 17.5 Å². The molecule has 0 bridgehead atoms. The van der Waals surface area contributed by atoms with E-state index in [1.165, 1.54) is 0 Å². The number of hydrogen-bond acceptors (Lipinski definition) is 3. The molecule has 0 saturated heterocycles. The SMILES string of the molecule is OC1(c2csc3ncccc23)C=CCC1. The topological polar surface area (TPSA) is 33.1 Å². The monoisotopic (exact) mass is 217 g/mol. The van der Waals surface area contributed by atoms with Crippen LogP contribution in [-0.2, 0) is 5.60 Å². The Balaban J connectivity index is 2.23. The largest absolute Gasteiger partial charge is 0.381 e. The Kier molecular flexibility index (Phi) is 1.90. The van der Waals surface area contributed by atoms with Crippen molar-refractivity contribution in [2.45, 2.75) is 18.4 Å². The van der Waals surface area contributed by atoms with E-state index < -0.39 is 5.60 Å². The van der Waals surface area contributed by atoms with Crippen molar-refractivity contribution in [3.63, 3.8) is 0 Å². The molecule has 1 unspecified atom stereocenters. The van der Waals surface area contributed by atoms with Crippen LogP contribution in [0.15, 0.2) is 35.9 Å². The van der Waals surface area contributed by atoms with Gasteiger partial charge in [0.1, 0.15) is 10.4 Å². The first-order valence-electron chi connectivity index (χ1n) is 5.02. The lowest BCUT2D eigenvalue weighted by atomic mass is 9.94. The molecule has 1 aliphatic carbocycles. The fourth-order valence-corrected chi connectivity index (χ4v) is 3.08. The molecule has 1 N–H and O–H groups in total. The highest BCUT2D eigenvalue weighted by atomic mass is 32.1. The first-order valence-corrected chi connectivity index (χ1v) is 5.90. The molecule has 0 radical (unpaired) electrons. The lowest BCUT2D eigenvalue weighted by Crippen LogP contribution is -2.18. The van der Waals surface area contributed by atoms with Gasteiger partial charge in [-0.05, 0) is 24.3 Å².